The molecule has 0 saturated heterocycles. The molecule has 90 valence electrons. The summed E-state index contributed by atoms with van der Waals surface area (Å²) in [6.45, 7) is 1.84. The predicted molar refractivity (Wildman–Crippen MR) is 67.4 cm³/mol. The van der Waals surface area contributed by atoms with Gasteiger partial charge in [-0.15, -0.1) is 0 Å². The zero-order valence-electron chi connectivity index (χ0n) is 9.90. The number of benzene rings is 1. The second-order valence-electron chi connectivity index (χ2n) is 3.94. The lowest BCUT2D eigenvalue weighted by molar-refractivity contribution is 0.414. The van der Waals surface area contributed by atoms with Crippen LogP contribution in [0.3, 0.4) is 0 Å². The van der Waals surface area contributed by atoms with Crippen molar-refractivity contribution in [3.05, 3.63) is 41.7 Å². The maximum Gasteiger partial charge on any atom is 0.177 e. The third-order valence-electron chi connectivity index (χ3n) is 2.75. The van der Waals surface area contributed by atoms with Crippen molar-refractivity contribution in [2.75, 3.05) is 7.11 Å². The fourth-order valence-corrected chi connectivity index (χ4v) is 1.73. The molecular weight excluding hydrogens is 216 g/mol. The number of hydrogen-bond donors (Lipinski definition) is 3. The Morgan fingerprint density at radius 1 is 1.29 bits per heavy atom. The van der Waals surface area contributed by atoms with E-state index < -0.39 is 5.66 Å². The van der Waals surface area contributed by atoms with Crippen LogP contribution in [-0.2, 0) is 5.66 Å². The molecule has 0 spiro atoms. The van der Waals surface area contributed by atoms with E-state index in [2.05, 4.69) is 10.3 Å². The van der Waals surface area contributed by atoms with Gasteiger partial charge in [-0.05, 0) is 19.1 Å². The van der Waals surface area contributed by atoms with Gasteiger partial charge in [0.05, 0.1) is 12.8 Å². The van der Waals surface area contributed by atoms with E-state index in [0.717, 1.165) is 17.1 Å². The number of nitrogens with one attached hydrogen (secondary N) is 1. The minimum absolute atomic E-state index is 0.480. The first-order valence-electron chi connectivity index (χ1n) is 5.29. The molecule has 0 fully saturated rings. The zero-order chi connectivity index (χ0) is 12.5. The van der Waals surface area contributed by atoms with Crippen LogP contribution in [0, 0.1) is 0 Å². The molecule has 1 atom stereocenters. The molecule has 5 heteroatoms. The van der Waals surface area contributed by atoms with Gasteiger partial charge in [0.25, 0.3) is 0 Å². The molecule has 1 aromatic carbocycles. The Bertz CT molecular complexity index is 478. The summed E-state index contributed by atoms with van der Waals surface area (Å²) >= 11 is 0. The number of methoxy groups -OCH3 is 1. The lowest BCUT2D eigenvalue weighted by atomic mass is 9.97. The molecule has 1 heterocycles. The van der Waals surface area contributed by atoms with Crippen molar-refractivity contribution in [1.29, 1.82) is 0 Å². The van der Waals surface area contributed by atoms with E-state index in [9.17, 15) is 0 Å². The monoisotopic (exact) mass is 232 g/mol. The van der Waals surface area contributed by atoms with Crippen LogP contribution in [0.2, 0.25) is 0 Å². The van der Waals surface area contributed by atoms with E-state index in [1.807, 2.05) is 31.2 Å². The molecular formula is C12H16N4O. The molecule has 2 rings (SSSR count). The Balaban J connectivity index is 2.42. The molecule has 1 unspecified atom stereocenters. The van der Waals surface area contributed by atoms with E-state index >= 15 is 0 Å². The van der Waals surface area contributed by atoms with Gasteiger partial charge in [-0.2, -0.15) is 0 Å². The maximum atomic E-state index is 6.24. The molecule has 0 bridgehead atoms. The van der Waals surface area contributed by atoms with E-state index in [-0.39, 0.29) is 0 Å². The second kappa shape index (κ2) is 4.10. The van der Waals surface area contributed by atoms with Gasteiger partial charge >= 0.3 is 0 Å². The van der Waals surface area contributed by atoms with Crippen LogP contribution in [-0.4, -0.2) is 12.9 Å². The number of hydrogen-bond acceptors (Lipinski definition) is 5. The summed E-state index contributed by atoms with van der Waals surface area (Å²) in [6.07, 6.45) is 1.67. The summed E-state index contributed by atoms with van der Waals surface area (Å²) in [6, 6.07) is 7.40. The standard InChI is InChI=1S/C12H16N4O/c1-8-15-7-11(13)12(14,16-8)9-3-5-10(17-2)6-4-9/h3-7H,13-14H2,1-2H3,(H,15,16). The van der Waals surface area contributed by atoms with Crippen molar-refractivity contribution < 1.29 is 4.74 Å². The van der Waals surface area contributed by atoms with Crippen molar-refractivity contribution in [3.63, 3.8) is 0 Å². The van der Waals surface area contributed by atoms with E-state index in [4.69, 9.17) is 16.2 Å². The van der Waals surface area contributed by atoms with Crippen LogP contribution in [0.15, 0.2) is 41.2 Å². The van der Waals surface area contributed by atoms with Gasteiger partial charge < -0.3 is 15.8 Å². The number of rotatable bonds is 2. The minimum atomic E-state index is -0.998. The fourth-order valence-electron chi connectivity index (χ4n) is 1.73. The van der Waals surface area contributed by atoms with Crippen molar-refractivity contribution in [3.8, 4) is 5.75 Å². The lowest BCUT2D eigenvalue weighted by Gasteiger charge is -2.30. The zero-order valence-corrected chi connectivity index (χ0v) is 9.90. The SMILES string of the molecule is COc1ccc(C2(N)N=C(C)NC=C2N)cc1. The van der Waals surface area contributed by atoms with Crippen LogP contribution in [0.1, 0.15) is 12.5 Å². The van der Waals surface area contributed by atoms with Gasteiger partial charge in [0.2, 0.25) is 0 Å². The molecule has 1 aliphatic rings. The number of nitrogens with zero attached hydrogens (tertiary/aromatic N) is 1. The first-order valence-corrected chi connectivity index (χ1v) is 5.29. The van der Waals surface area contributed by atoms with Crippen LogP contribution in [0.4, 0.5) is 0 Å². The Labute approximate surface area is 100 Å². The number of amidine groups is 1. The quantitative estimate of drug-likeness (QED) is 0.698. The first kappa shape index (κ1) is 11.5. The first-order chi connectivity index (χ1) is 8.06. The molecule has 1 aromatic rings. The molecule has 5 nitrogen and oxygen atoms in total. The number of ether oxygens (including phenoxy) is 1. The van der Waals surface area contributed by atoms with Crippen LogP contribution in [0.25, 0.3) is 0 Å². The second-order valence-corrected chi connectivity index (χ2v) is 3.94. The van der Waals surface area contributed by atoms with E-state index in [1.54, 1.807) is 13.3 Å². The largest absolute Gasteiger partial charge is 0.497 e. The van der Waals surface area contributed by atoms with Crippen molar-refractivity contribution in [1.82, 2.24) is 5.32 Å². The smallest absolute Gasteiger partial charge is 0.177 e. The van der Waals surface area contributed by atoms with Gasteiger partial charge in [0.1, 0.15) is 11.6 Å². The molecule has 0 radical (unpaired) electrons. The number of nitrogens with two attached hydrogens (primary N) is 2. The highest BCUT2D eigenvalue weighted by Crippen LogP contribution is 2.28. The highest BCUT2D eigenvalue weighted by Gasteiger charge is 2.32. The third-order valence-corrected chi connectivity index (χ3v) is 2.75. The van der Waals surface area contributed by atoms with Gasteiger partial charge in [-0.25, -0.2) is 4.99 Å². The van der Waals surface area contributed by atoms with Gasteiger partial charge in [-0.1, -0.05) is 12.1 Å². The molecule has 0 aliphatic carbocycles. The summed E-state index contributed by atoms with van der Waals surface area (Å²) in [5, 5.41) is 2.94. The lowest BCUT2D eigenvalue weighted by Crippen LogP contribution is -2.45. The highest BCUT2D eigenvalue weighted by molar-refractivity contribution is 5.82. The molecule has 5 N–H and O–H groups in total. The van der Waals surface area contributed by atoms with Crippen molar-refractivity contribution in [2.45, 2.75) is 12.6 Å². The molecule has 17 heavy (non-hydrogen) atoms. The summed E-state index contributed by atoms with van der Waals surface area (Å²) in [5.41, 5.74) is 12.5. The van der Waals surface area contributed by atoms with Crippen molar-refractivity contribution in [2.24, 2.45) is 16.5 Å². The van der Waals surface area contributed by atoms with Gasteiger partial charge in [0, 0.05) is 11.8 Å². The minimum Gasteiger partial charge on any atom is -0.497 e. The van der Waals surface area contributed by atoms with Gasteiger partial charge in [-0.3, -0.25) is 5.73 Å². The number of aliphatic imine (C=N–C) groups is 1. The summed E-state index contributed by atoms with van der Waals surface area (Å²) < 4.78 is 5.10. The highest BCUT2D eigenvalue weighted by atomic mass is 16.5. The summed E-state index contributed by atoms with van der Waals surface area (Å²) in [7, 11) is 1.62. The average molecular weight is 232 g/mol. The molecule has 0 amide bonds. The molecule has 0 saturated carbocycles. The van der Waals surface area contributed by atoms with Gasteiger partial charge in [0.15, 0.2) is 5.66 Å². The topological polar surface area (TPSA) is 85.7 Å². The van der Waals surface area contributed by atoms with E-state index in [0.29, 0.717) is 5.70 Å². The fraction of sp³-hybridized carbons (Fsp3) is 0.250. The molecule has 1 aliphatic heterocycles. The normalized spacial score (nSPS) is 23.5. The van der Waals surface area contributed by atoms with Crippen molar-refractivity contribution >= 4 is 5.84 Å². The van der Waals surface area contributed by atoms with Crippen LogP contribution >= 0.6 is 0 Å². The Hall–Kier alpha value is -2.01. The summed E-state index contributed by atoms with van der Waals surface area (Å²) in [4.78, 5) is 4.37. The van der Waals surface area contributed by atoms with E-state index in [1.165, 1.54) is 0 Å². The Kier molecular flexibility index (Phi) is 2.77. The Morgan fingerprint density at radius 3 is 2.53 bits per heavy atom. The Morgan fingerprint density at radius 2 is 1.94 bits per heavy atom. The van der Waals surface area contributed by atoms with Crippen LogP contribution in [0.5, 0.6) is 5.75 Å². The maximum absolute atomic E-state index is 6.24. The van der Waals surface area contributed by atoms with Crippen LogP contribution < -0.4 is 21.5 Å². The third kappa shape index (κ3) is 1.97. The summed E-state index contributed by atoms with van der Waals surface area (Å²) in [5.74, 6) is 1.51. The predicted octanol–water partition coefficient (Wildman–Crippen LogP) is 0.628. The average Bonchev–Trinajstić information content (AvgIpc) is 2.34. The molecule has 0 aromatic heterocycles.